The molecule has 22 heavy (non-hydrogen) atoms. The van der Waals surface area contributed by atoms with Gasteiger partial charge in [0.25, 0.3) is 5.91 Å². The average Bonchev–Trinajstić information content (AvgIpc) is 2.60. The van der Waals surface area contributed by atoms with E-state index < -0.39 is 6.10 Å². The molecule has 1 unspecified atom stereocenters. The molecule has 0 radical (unpaired) electrons. The SMILES string of the molecule is CCC(Oc1cccc2ccccc12)C(=O)N1CCOCC1. The van der Waals surface area contributed by atoms with Crippen LogP contribution in [0.15, 0.2) is 42.5 Å². The lowest BCUT2D eigenvalue weighted by atomic mass is 10.1. The predicted molar refractivity (Wildman–Crippen MR) is 86.1 cm³/mol. The van der Waals surface area contributed by atoms with E-state index in [0.29, 0.717) is 32.7 Å². The van der Waals surface area contributed by atoms with E-state index in [1.54, 1.807) is 0 Å². The van der Waals surface area contributed by atoms with E-state index >= 15 is 0 Å². The molecule has 1 saturated heterocycles. The first-order chi connectivity index (χ1) is 10.8. The summed E-state index contributed by atoms with van der Waals surface area (Å²) in [5.41, 5.74) is 0. The summed E-state index contributed by atoms with van der Waals surface area (Å²) in [4.78, 5) is 14.5. The molecule has 0 aliphatic carbocycles. The third kappa shape index (κ3) is 3.07. The minimum atomic E-state index is -0.441. The van der Waals surface area contributed by atoms with E-state index in [-0.39, 0.29) is 5.91 Å². The molecule has 4 heteroatoms. The number of nitrogens with zero attached hydrogens (tertiary/aromatic N) is 1. The molecule has 1 fully saturated rings. The second kappa shape index (κ2) is 6.79. The number of fused-ring (bicyclic) bond motifs is 1. The second-order valence-corrected chi connectivity index (χ2v) is 5.43. The van der Waals surface area contributed by atoms with E-state index in [2.05, 4.69) is 0 Å². The highest BCUT2D eigenvalue weighted by Crippen LogP contribution is 2.26. The van der Waals surface area contributed by atoms with Crippen LogP contribution in [-0.4, -0.2) is 43.2 Å². The van der Waals surface area contributed by atoms with Gasteiger partial charge in [0, 0.05) is 18.5 Å². The molecule has 116 valence electrons. The Balaban J connectivity index is 1.80. The predicted octanol–water partition coefficient (Wildman–Crippen LogP) is 2.86. The number of ether oxygens (including phenoxy) is 2. The van der Waals surface area contributed by atoms with Crippen molar-refractivity contribution in [1.82, 2.24) is 4.90 Å². The zero-order valence-corrected chi connectivity index (χ0v) is 12.8. The van der Waals surface area contributed by atoms with Gasteiger partial charge in [-0.25, -0.2) is 0 Å². The maximum atomic E-state index is 12.6. The van der Waals surface area contributed by atoms with Crippen molar-refractivity contribution in [3.8, 4) is 5.75 Å². The fourth-order valence-electron chi connectivity index (χ4n) is 2.75. The molecular weight excluding hydrogens is 278 g/mol. The number of hydrogen-bond acceptors (Lipinski definition) is 3. The lowest BCUT2D eigenvalue weighted by Crippen LogP contribution is -2.47. The maximum absolute atomic E-state index is 12.6. The first-order valence-corrected chi connectivity index (χ1v) is 7.80. The number of amides is 1. The Bertz CT molecular complexity index is 644. The van der Waals surface area contributed by atoms with Gasteiger partial charge in [-0.1, -0.05) is 43.3 Å². The summed E-state index contributed by atoms with van der Waals surface area (Å²) in [6, 6.07) is 14.0. The van der Waals surface area contributed by atoms with Crippen molar-refractivity contribution in [2.45, 2.75) is 19.4 Å². The molecule has 1 heterocycles. The van der Waals surface area contributed by atoms with Crippen molar-refractivity contribution in [1.29, 1.82) is 0 Å². The Morgan fingerprint density at radius 2 is 1.91 bits per heavy atom. The van der Waals surface area contributed by atoms with Gasteiger partial charge in [-0.2, -0.15) is 0 Å². The first kappa shape index (κ1) is 14.9. The van der Waals surface area contributed by atoms with Gasteiger partial charge in [-0.3, -0.25) is 4.79 Å². The van der Waals surface area contributed by atoms with E-state index in [1.807, 2.05) is 54.3 Å². The zero-order chi connectivity index (χ0) is 15.4. The lowest BCUT2D eigenvalue weighted by molar-refractivity contribution is -0.142. The molecule has 1 aliphatic rings. The fraction of sp³-hybridized carbons (Fsp3) is 0.389. The number of hydrogen-bond donors (Lipinski definition) is 0. The minimum Gasteiger partial charge on any atom is -0.480 e. The van der Waals surface area contributed by atoms with Gasteiger partial charge in [0.1, 0.15) is 5.75 Å². The normalized spacial score (nSPS) is 16.5. The van der Waals surface area contributed by atoms with Crippen LogP contribution in [0.25, 0.3) is 10.8 Å². The molecule has 0 bridgehead atoms. The number of rotatable bonds is 4. The smallest absolute Gasteiger partial charge is 0.263 e. The van der Waals surface area contributed by atoms with Crippen LogP contribution in [0, 0.1) is 0 Å². The standard InChI is InChI=1S/C18H21NO3/c1-2-16(18(20)19-10-12-21-13-11-19)22-17-9-5-7-14-6-3-4-8-15(14)17/h3-9,16H,2,10-13H2,1H3. The second-order valence-electron chi connectivity index (χ2n) is 5.43. The molecule has 0 aromatic heterocycles. The van der Waals surface area contributed by atoms with Crippen molar-refractivity contribution >= 4 is 16.7 Å². The first-order valence-electron chi connectivity index (χ1n) is 7.80. The Morgan fingerprint density at radius 1 is 1.18 bits per heavy atom. The number of morpholine rings is 1. The van der Waals surface area contributed by atoms with Crippen molar-refractivity contribution in [2.24, 2.45) is 0 Å². The highest BCUT2D eigenvalue weighted by molar-refractivity contribution is 5.89. The Kier molecular flexibility index (Phi) is 4.59. The summed E-state index contributed by atoms with van der Waals surface area (Å²) in [5.74, 6) is 0.824. The number of carbonyl (C=O) groups is 1. The van der Waals surface area contributed by atoms with Gasteiger partial charge in [0.05, 0.1) is 13.2 Å². The Hall–Kier alpha value is -2.07. The largest absolute Gasteiger partial charge is 0.480 e. The Morgan fingerprint density at radius 3 is 2.68 bits per heavy atom. The molecule has 0 saturated carbocycles. The van der Waals surface area contributed by atoms with Crippen LogP contribution in [0.1, 0.15) is 13.3 Å². The van der Waals surface area contributed by atoms with Crippen LogP contribution in [0.2, 0.25) is 0 Å². The van der Waals surface area contributed by atoms with Crippen LogP contribution in [-0.2, 0) is 9.53 Å². The van der Waals surface area contributed by atoms with Crippen LogP contribution >= 0.6 is 0 Å². The average molecular weight is 299 g/mol. The van der Waals surface area contributed by atoms with Crippen LogP contribution in [0.4, 0.5) is 0 Å². The van der Waals surface area contributed by atoms with E-state index in [4.69, 9.17) is 9.47 Å². The van der Waals surface area contributed by atoms with E-state index in [0.717, 1.165) is 16.5 Å². The van der Waals surface area contributed by atoms with Gasteiger partial charge in [-0.15, -0.1) is 0 Å². The summed E-state index contributed by atoms with van der Waals surface area (Å²) < 4.78 is 11.4. The third-order valence-electron chi connectivity index (χ3n) is 3.99. The van der Waals surface area contributed by atoms with E-state index in [1.165, 1.54) is 0 Å². The quantitative estimate of drug-likeness (QED) is 0.871. The van der Waals surface area contributed by atoms with Crippen molar-refractivity contribution in [3.63, 3.8) is 0 Å². The maximum Gasteiger partial charge on any atom is 0.263 e. The van der Waals surface area contributed by atoms with Crippen LogP contribution in [0.3, 0.4) is 0 Å². The van der Waals surface area contributed by atoms with Gasteiger partial charge in [0.15, 0.2) is 6.10 Å². The van der Waals surface area contributed by atoms with Crippen molar-refractivity contribution < 1.29 is 14.3 Å². The molecule has 1 aliphatic heterocycles. The third-order valence-corrected chi connectivity index (χ3v) is 3.99. The van der Waals surface area contributed by atoms with Gasteiger partial charge < -0.3 is 14.4 Å². The summed E-state index contributed by atoms with van der Waals surface area (Å²) in [6.45, 7) is 4.49. The van der Waals surface area contributed by atoms with Gasteiger partial charge in [0.2, 0.25) is 0 Å². The molecule has 2 aromatic rings. The highest BCUT2D eigenvalue weighted by atomic mass is 16.5. The summed E-state index contributed by atoms with van der Waals surface area (Å²) >= 11 is 0. The summed E-state index contributed by atoms with van der Waals surface area (Å²) in [7, 11) is 0. The van der Waals surface area contributed by atoms with Gasteiger partial charge >= 0.3 is 0 Å². The molecule has 1 amide bonds. The minimum absolute atomic E-state index is 0.0544. The summed E-state index contributed by atoms with van der Waals surface area (Å²) in [6.07, 6.45) is 0.211. The zero-order valence-electron chi connectivity index (χ0n) is 12.8. The fourth-order valence-corrected chi connectivity index (χ4v) is 2.75. The number of benzene rings is 2. The molecule has 0 spiro atoms. The molecule has 4 nitrogen and oxygen atoms in total. The van der Waals surface area contributed by atoms with Crippen LogP contribution in [0.5, 0.6) is 5.75 Å². The Labute approximate surface area is 130 Å². The molecule has 1 atom stereocenters. The topological polar surface area (TPSA) is 38.8 Å². The summed E-state index contributed by atoms with van der Waals surface area (Å²) in [5, 5.41) is 2.16. The molecule has 2 aromatic carbocycles. The highest BCUT2D eigenvalue weighted by Gasteiger charge is 2.26. The lowest BCUT2D eigenvalue weighted by Gasteiger charge is -2.30. The molecule has 0 N–H and O–H groups in total. The number of carbonyl (C=O) groups excluding carboxylic acids is 1. The monoisotopic (exact) mass is 299 g/mol. The molecule has 3 rings (SSSR count). The van der Waals surface area contributed by atoms with E-state index in [9.17, 15) is 4.79 Å². The van der Waals surface area contributed by atoms with Crippen molar-refractivity contribution in [2.75, 3.05) is 26.3 Å². The molecular formula is C18H21NO3. The van der Waals surface area contributed by atoms with Crippen LogP contribution < -0.4 is 4.74 Å². The van der Waals surface area contributed by atoms with Gasteiger partial charge in [-0.05, 0) is 17.9 Å². The van der Waals surface area contributed by atoms with Crippen molar-refractivity contribution in [3.05, 3.63) is 42.5 Å².